The minimum absolute atomic E-state index is 0.0816. The van der Waals surface area contributed by atoms with Crippen LogP contribution in [0.2, 0.25) is 0 Å². The van der Waals surface area contributed by atoms with Gasteiger partial charge >= 0.3 is 0 Å². The molecule has 1 aliphatic rings. The first-order valence-electron chi connectivity index (χ1n) is 13.3. The third-order valence-electron chi connectivity index (χ3n) is 7.42. The van der Waals surface area contributed by atoms with E-state index in [1.807, 2.05) is 6.92 Å². The highest BCUT2D eigenvalue weighted by molar-refractivity contribution is 6.05. The Morgan fingerprint density at radius 1 is 1.08 bits per heavy atom. The van der Waals surface area contributed by atoms with Gasteiger partial charge in [0.15, 0.2) is 17.4 Å². The van der Waals surface area contributed by atoms with Crippen molar-refractivity contribution in [3.05, 3.63) is 52.7 Å². The SMILES string of the molecule is CC(=O)c1c(OCCCC2CCCCC2)c(OCCC(C)c2ccc(F)cc2)c2oc(C)nc2c1C. The summed E-state index contributed by atoms with van der Waals surface area (Å²) in [6.45, 7) is 8.23. The minimum Gasteiger partial charge on any atom is -0.489 e. The van der Waals surface area contributed by atoms with Crippen LogP contribution in [0.1, 0.15) is 98.5 Å². The molecule has 0 bridgehead atoms. The van der Waals surface area contributed by atoms with E-state index in [4.69, 9.17) is 13.9 Å². The van der Waals surface area contributed by atoms with E-state index in [1.165, 1.54) is 44.2 Å². The number of benzene rings is 2. The molecule has 5 nitrogen and oxygen atoms in total. The van der Waals surface area contributed by atoms with Crippen LogP contribution in [0.15, 0.2) is 28.7 Å². The zero-order valence-corrected chi connectivity index (χ0v) is 22.0. The summed E-state index contributed by atoms with van der Waals surface area (Å²) in [6.07, 6.45) is 9.42. The van der Waals surface area contributed by atoms with Crippen molar-refractivity contribution >= 4 is 16.9 Å². The van der Waals surface area contributed by atoms with Gasteiger partial charge in [0.1, 0.15) is 11.3 Å². The number of oxazole rings is 1. The number of ketones is 1. The monoisotopic (exact) mass is 495 g/mol. The molecule has 0 N–H and O–H groups in total. The van der Waals surface area contributed by atoms with E-state index in [1.54, 1.807) is 26.0 Å². The number of carbonyl (C=O) groups excluding carboxylic acids is 1. The van der Waals surface area contributed by atoms with Crippen LogP contribution in [0.25, 0.3) is 11.1 Å². The second-order valence-corrected chi connectivity index (χ2v) is 10.2. The van der Waals surface area contributed by atoms with Crippen molar-refractivity contribution < 1.29 is 23.1 Å². The maximum atomic E-state index is 13.3. The number of ether oxygens (including phenoxy) is 2. The fourth-order valence-electron chi connectivity index (χ4n) is 5.35. The quantitative estimate of drug-likeness (QED) is 0.199. The zero-order valence-electron chi connectivity index (χ0n) is 22.0. The van der Waals surface area contributed by atoms with Crippen molar-refractivity contribution in [1.29, 1.82) is 0 Å². The maximum absolute atomic E-state index is 13.3. The van der Waals surface area contributed by atoms with Gasteiger partial charge in [-0.05, 0) is 68.2 Å². The molecule has 0 amide bonds. The molecular formula is C30H38FNO4. The average molecular weight is 496 g/mol. The molecule has 1 fully saturated rings. The highest BCUT2D eigenvalue weighted by Gasteiger charge is 2.27. The highest BCUT2D eigenvalue weighted by atomic mass is 19.1. The van der Waals surface area contributed by atoms with Gasteiger partial charge in [-0.25, -0.2) is 9.37 Å². The van der Waals surface area contributed by atoms with Crippen molar-refractivity contribution in [1.82, 2.24) is 4.98 Å². The number of halogens is 1. The topological polar surface area (TPSA) is 61.6 Å². The Hall–Kier alpha value is -2.89. The minimum atomic E-state index is -0.244. The van der Waals surface area contributed by atoms with E-state index in [2.05, 4.69) is 11.9 Å². The van der Waals surface area contributed by atoms with E-state index in [9.17, 15) is 9.18 Å². The van der Waals surface area contributed by atoms with Crippen LogP contribution < -0.4 is 9.47 Å². The van der Waals surface area contributed by atoms with E-state index < -0.39 is 0 Å². The highest BCUT2D eigenvalue weighted by Crippen LogP contribution is 2.43. The number of nitrogens with zero attached hydrogens (tertiary/aromatic N) is 1. The van der Waals surface area contributed by atoms with Gasteiger partial charge in [-0.15, -0.1) is 0 Å². The Bertz CT molecular complexity index is 1180. The van der Waals surface area contributed by atoms with Gasteiger partial charge in [-0.2, -0.15) is 0 Å². The first kappa shape index (κ1) is 26.2. The molecule has 1 unspecified atom stereocenters. The number of carbonyl (C=O) groups is 1. The van der Waals surface area contributed by atoms with Crippen LogP contribution in [-0.4, -0.2) is 24.0 Å². The van der Waals surface area contributed by atoms with Crippen LogP contribution in [0, 0.1) is 25.6 Å². The molecule has 0 spiro atoms. The molecule has 0 radical (unpaired) electrons. The Morgan fingerprint density at radius 2 is 1.78 bits per heavy atom. The normalized spacial score (nSPS) is 15.2. The van der Waals surface area contributed by atoms with Gasteiger partial charge in [0.2, 0.25) is 11.3 Å². The second-order valence-electron chi connectivity index (χ2n) is 10.2. The number of hydrogen-bond donors (Lipinski definition) is 0. The molecule has 0 aliphatic heterocycles. The summed E-state index contributed by atoms with van der Waals surface area (Å²) in [5, 5.41) is 0. The van der Waals surface area contributed by atoms with Gasteiger partial charge < -0.3 is 13.9 Å². The number of Topliss-reactive ketones (excluding diaryl/α,β-unsaturated/α-hetero) is 1. The number of aromatic nitrogens is 1. The fraction of sp³-hybridized carbons (Fsp3) is 0.533. The van der Waals surface area contributed by atoms with Crippen LogP contribution in [-0.2, 0) is 0 Å². The van der Waals surface area contributed by atoms with E-state index >= 15 is 0 Å². The Morgan fingerprint density at radius 3 is 2.47 bits per heavy atom. The average Bonchev–Trinajstić information content (AvgIpc) is 3.26. The summed E-state index contributed by atoms with van der Waals surface area (Å²) in [6, 6.07) is 6.56. The molecule has 36 heavy (non-hydrogen) atoms. The Balaban J connectivity index is 1.54. The van der Waals surface area contributed by atoms with Crippen molar-refractivity contribution in [3.8, 4) is 11.5 Å². The summed E-state index contributed by atoms with van der Waals surface area (Å²) in [7, 11) is 0. The Kier molecular flexibility index (Phi) is 8.65. The maximum Gasteiger partial charge on any atom is 0.207 e. The lowest BCUT2D eigenvalue weighted by atomic mass is 9.86. The third kappa shape index (κ3) is 6.08. The number of fused-ring (bicyclic) bond motifs is 1. The first-order chi connectivity index (χ1) is 17.3. The van der Waals surface area contributed by atoms with Crippen LogP contribution in [0.5, 0.6) is 11.5 Å². The summed E-state index contributed by atoms with van der Waals surface area (Å²) >= 11 is 0. The molecule has 194 valence electrons. The molecule has 1 aliphatic carbocycles. The smallest absolute Gasteiger partial charge is 0.207 e. The molecule has 2 aromatic carbocycles. The first-order valence-corrected chi connectivity index (χ1v) is 13.3. The van der Waals surface area contributed by atoms with Crippen molar-refractivity contribution in [2.45, 2.75) is 85.0 Å². The molecule has 4 rings (SSSR count). The van der Waals surface area contributed by atoms with E-state index in [0.717, 1.165) is 29.9 Å². The number of aryl methyl sites for hydroxylation is 2. The molecular weight excluding hydrogens is 457 g/mol. The van der Waals surface area contributed by atoms with Gasteiger partial charge in [0.25, 0.3) is 0 Å². The van der Waals surface area contributed by atoms with Gasteiger partial charge in [-0.1, -0.05) is 51.2 Å². The second kappa shape index (κ2) is 11.9. The summed E-state index contributed by atoms with van der Waals surface area (Å²) in [4.78, 5) is 17.3. The lowest BCUT2D eigenvalue weighted by molar-refractivity contribution is 0.101. The van der Waals surface area contributed by atoms with Crippen LogP contribution >= 0.6 is 0 Å². The third-order valence-corrected chi connectivity index (χ3v) is 7.42. The fourth-order valence-corrected chi connectivity index (χ4v) is 5.35. The molecule has 1 saturated carbocycles. The van der Waals surface area contributed by atoms with Gasteiger partial charge in [-0.3, -0.25) is 4.79 Å². The van der Waals surface area contributed by atoms with E-state index in [0.29, 0.717) is 53.7 Å². The molecule has 6 heteroatoms. The van der Waals surface area contributed by atoms with Crippen molar-refractivity contribution in [2.75, 3.05) is 13.2 Å². The molecule has 1 atom stereocenters. The predicted molar refractivity (Wildman–Crippen MR) is 140 cm³/mol. The van der Waals surface area contributed by atoms with Gasteiger partial charge in [0, 0.05) is 6.92 Å². The zero-order chi connectivity index (χ0) is 25.7. The Labute approximate surface area is 213 Å². The number of hydrogen-bond acceptors (Lipinski definition) is 5. The van der Waals surface area contributed by atoms with Crippen LogP contribution in [0.4, 0.5) is 4.39 Å². The lowest BCUT2D eigenvalue weighted by Gasteiger charge is -2.22. The number of rotatable bonds is 11. The largest absolute Gasteiger partial charge is 0.489 e. The van der Waals surface area contributed by atoms with Crippen LogP contribution in [0.3, 0.4) is 0 Å². The molecule has 1 heterocycles. The van der Waals surface area contributed by atoms with E-state index in [-0.39, 0.29) is 17.5 Å². The summed E-state index contributed by atoms with van der Waals surface area (Å²) < 4.78 is 31.8. The molecule has 3 aromatic rings. The summed E-state index contributed by atoms with van der Waals surface area (Å²) in [5.74, 6) is 2.05. The van der Waals surface area contributed by atoms with Gasteiger partial charge in [0.05, 0.1) is 18.8 Å². The molecule has 1 aromatic heterocycles. The standard InChI is InChI=1S/C30H38FNO4/c1-19(24-12-14-25(31)15-13-24)16-18-35-30-28(34-17-8-11-23-9-6-5-7-10-23)26(21(3)33)20(2)27-29(30)36-22(4)32-27/h12-15,19,23H,5-11,16-18H2,1-4H3. The van der Waals surface area contributed by atoms with Crippen molar-refractivity contribution in [3.63, 3.8) is 0 Å². The van der Waals surface area contributed by atoms with Crippen molar-refractivity contribution in [2.24, 2.45) is 5.92 Å². The predicted octanol–water partition coefficient (Wildman–Crippen LogP) is 8.10. The molecule has 0 saturated heterocycles. The summed E-state index contributed by atoms with van der Waals surface area (Å²) in [5.41, 5.74) is 3.47. The lowest BCUT2D eigenvalue weighted by Crippen LogP contribution is -2.12.